The largest absolute Gasteiger partial charge is 0.573 e. The Bertz CT molecular complexity index is 2220. The average Bonchev–Trinajstić information content (AvgIpc) is 3.58. The van der Waals surface area contributed by atoms with Gasteiger partial charge in [-0.15, -0.1) is 36.9 Å². The van der Waals surface area contributed by atoms with Gasteiger partial charge in [0, 0.05) is 30.6 Å². The van der Waals surface area contributed by atoms with E-state index >= 15 is 0 Å². The van der Waals surface area contributed by atoms with Gasteiger partial charge in [-0.3, -0.25) is 28.1 Å². The summed E-state index contributed by atoms with van der Waals surface area (Å²) < 4.78 is 57.0. The van der Waals surface area contributed by atoms with Crippen molar-refractivity contribution in [2.45, 2.75) is 38.9 Å². The lowest BCUT2D eigenvalue weighted by Gasteiger charge is -2.15. The SMILES string of the molecule is Cc1oc2c(c1CC(=O)/N=c1\scc(-c3ccc(OC(F)(F)F)c(Cl)c3)n1COC(=O)[C@@H](N)Cc1ccccc1)c(=O)n(C)c(=O)n2C.Cl. The van der Waals surface area contributed by atoms with E-state index in [2.05, 4.69) is 9.73 Å². The highest BCUT2D eigenvalue weighted by Gasteiger charge is 2.32. The number of nitrogens with two attached hydrogens (primary N) is 1. The summed E-state index contributed by atoms with van der Waals surface area (Å²) in [6, 6.07) is 11.6. The highest BCUT2D eigenvalue weighted by molar-refractivity contribution is 7.07. The number of hydrogen-bond acceptors (Lipinski definition) is 9. The number of nitrogens with zero attached hydrogens (tertiary/aromatic N) is 4. The van der Waals surface area contributed by atoms with Crippen molar-refractivity contribution < 1.29 is 36.7 Å². The lowest BCUT2D eigenvalue weighted by atomic mass is 10.1. The van der Waals surface area contributed by atoms with Crippen LogP contribution in [0.3, 0.4) is 0 Å². The predicted octanol–water partition coefficient (Wildman–Crippen LogP) is 4.38. The maximum absolute atomic E-state index is 13.3. The van der Waals surface area contributed by atoms with E-state index in [1.807, 2.05) is 6.07 Å². The van der Waals surface area contributed by atoms with Crippen LogP contribution in [-0.4, -0.2) is 38.0 Å². The molecule has 3 heterocycles. The lowest BCUT2D eigenvalue weighted by Crippen LogP contribution is -2.36. The Hall–Kier alpha value is -4.64. The number of benzene rings is 2. The number of thiazole rings is 1. The van der Waals surface area contributed by atoms with Crippen molar-refractivity contribution in [3.63, 3.8) is 0 Å². The van der Waals surface area contributed by atoms with Gasteiger partial charge in [-0.25, -0.2) is 4.79 Å². The zero-order chi connectivity index (χ0) is 34.9. The normalized spacial score (nSPS) is 12.5. The lowest BCUT2D eigenvalue weighted by molar-refractivity contribution is -0.274. The molecule has 0 bridgehead atoms. The number of furan rings is 1. The minimum Gasteiger partial charge on any atom is -0.444 e. The second-order valence-corrected chi connectivity index (χ2v) is 11.9. The van der Waals surface area contributed by atoms with Gasteiger partial charge in [0.05, 0.1) is 17.1 Å². The molecule has 2 aromatic carbocycles. The Labute approximate surface area is 290 Å². The van der Waals surface area contributed by atoms with Gasteiger partial charge in [-0.05, 0) is 37.1 Å². The number of ether oxygens (including phenoxy) is 2. The molecule has 260 valence electrons. The maximum atomic E-state index is 13.3. The van der Waals surface area contributed by atoms with Crippen LogP contribution in [0, 0.1) is 6.92 Å². The van der Waals surface area contributed by atoms with Gasteiger partial charge < -0.3 is 19.6 Å². The number of rotatable bonds is 9. The Morgan fingerprint density at radius 1 is 1.10 bits per heavy atom. The van der Waals surface area contributed by atoms with Gasteiger partial charge in [0.25, 0.3) is 11.5 Å². The van der Waals surface area contributed by atoms with Gasteiger partial charge in [0.2, 0.25) is 5.71 Å². The molecule has 12 nitrogen and oxygen atoms in total. The van der Waals surface area contributed by atoms with Gasteiger partial charge in [-0.1, -0.05) is 41.9 Å². The highest BCUT2D eigenvalue weighted by Crippen LogP contribution is 2.34. The Morgan fingerprint density at radius 3 is 2.45 bits per heavy atom. The van der Waals surface area contributed by atoms with Crippen LogP contribution >= 0.6 is 35.3 Å². The van der Waals surface area contributed by atoms with E-state index in [1.54, 1.807) is 36.6 Å². The molecule has 0 unspecified atom stereocenters. The van der Waals surface area contributed by atoms with E-state index in [1.165, 1.54) is 30.8 Å². The molecule has 18 heteroatoms. The van der Waals surface area contributed by atoms with Crippen LogP contribution in [-0.2, 0) is 48.0 Å². The van der Waals surface area contributed by atoms with Crippen LogP contribution < -0.4 is 26.5 Å². The van der Waals surface area contributed by atoms with Crippen molar-refractivity contribution in [1.29, 1.82) is 0 Å². The highest BCUT2D eigenvalue weighted by atomic mass is 35.5. The summed E-state index contributed by atoms with van der Waals surface area (Å²) in [6.45, 7) is 1.07. The minimum absolute atomic E-state index is 0. The fraction of sp³-hybridized carbons (Fsp3) is 0.258. The molecule has 1 atom stereocenters. The molecule has 2 N–H and O–H groups in total. The molecule has 0 radical (unpaired) electrons. The summed E-state index contributed by atoms with van der Waals surface area (Å²) in [4.78, 5) is 55.8. The molecule has 3 aromatic heterocycles. The molecule has 0 aliphatic rings. The van der Waals surface area contributed by atoms with E-state index < -0.39 is 48.0 Å². The number of esters is 1. The molecule has 0 fully saturated rings. The molecule has 0 spiro atoms. The fourth-order valence-electron chi connectivity index (χ4n) is 4.92. The molecule has 1 amide bonds. The number of hydrogen-bond donors (Lipinski definition) is 1. The predicted molar refractivity (Wildman–Crippen MR) is 177 cm³/mol. The van der Waals surface area contributed by atoms with Gasteiger partial charge in [-0.2, -0.15) is 4.99 Å². The topological polar surface area (TPSA) is 153 Å². The van der Waals surface area contributed by atoms with E-state index in [9.17, 15) is 32.3 Å². The van der Waals surface area contributed by atoms with Crippen molar-refractivity contribution >= 4 is 58.3 Å². The van der Waals surface area contributed by atoms with E-state index in [0.717, 1.165) is 32.1 Å². The van der Waals surface area contributed by atoms with Crippen molar-refractivity contribution in [1.82, 2.24) is 13.7 Å². The molecule has 0 saturated carbocycles. The zero-order valence-electron chi connectivity index (χ0n) is 25.9. The van der Waals surface area contributed by atoms with Crippen LogP contribution in [0.5, 0.6) is 5.75 Å². The smallest absolute Gasteiger partial charge is 0.444 e. The first kappa shape index (κ1) is 37.2. The van der Waals surface area contributed by atoms with Gasteiger partial charge in [0.1, 0.15) is 22.9 Å². The molecule has 0 aliphatic heterocycles. The van der Waals surface area contributed by atoms with E-state index in [-0.39, 0.29) is 57.5 Å². The first-order valence-electron chi connectivity index (χ1n) is 14.1. The second kappa shape index (κ2) is 14.9. The molecular weight excluding hydrogens is 714 g/mol. The summed E-state index contributed by atoms with van der Waals surface area (Å²) in [5.41, 5.74) is 6.48. The molecule has 49 heavy (non-hydrogen) atoms. The Morgan fingerprint density at radius 2 is 1.80 bits per heavy atom. The molecule has 0 saturated heterocycles. The van der Waals surface area contributed by atoms with Crippen LogP contribution in [0.4, 0.5) is 13.2 Å². The van der Waals surface area contributed by atoms with E-state index in [0.29, 0.717) is 11.3 Å². The summed E-state index contributed by atoms with van der Waals surface area (Å²) in [5.74, 6) is -1.85. The van der Waals surface area contributed by atoms with Crippen LogP contribution in [0.25, 0.3) is 22.4 Å². The van der Waals surface area contributed by atoms with Crippen LogP contribution in [0.2, 0.25) is 5.02 Å². The van der Waals surface area contributed by atoms with Gasteiger partial charge in [0.15, 0.2) is 11.5 Å². The number of aryl methyl sites for hydroxylation is 2. The Balaban J connectivity index is 0.00000541. The summed E-state index contributed by atoms with van der Waals surface area (Å²) in [6.07, 6.45) is -5.16. The monoisotopic (exact) mass is 741 g/mol. The number of alkyl halides is 3. The summed E-state index contributed by atoms with van der Waals surface area (Å²) in [5, 5.41) is 1.25. The molecule has 0 aliphatic carbocycles. The number of aromatic nitrogens is 3. The number of carbonyl (C=O) groups excluding carboxylic acids is 2. The van der Waals surface area contributed by atoms with Crippen LogP contribution in [0.1, 0.15) is 16.9 Å². The molecular formula is C31H28Cl2F3N5O7S. The number of fused-ring (bicyclic) bond motifs is 1. The summed E-state index contributed by atoms with van der Waals surface area (Å²) in [7, 11) is 2.74. The third-order valence-electron chi connectivity index (χ3n) is 7.32. The molecule has 5 rings (SSSR count). The second-order valence-electron chi connectivity index (χ2n) is 10.6. The fourth-order valence-corrected chi connectivity index (χ4v) is 6.06. The number of carbonyl (C=O) groups is 2. The van der Waals surface area contributed by atoms with Crippen LogP contribution in [0.15, 0.2) is 72.9 Å². The maximum Gasteiger partial charge on any atom is 0.573 e. The summed E-state index contributed by atoms with van der Waals surface area (Å²) >= 11 is 7.07. The van der Waals surface area contributed by atoms with Gasteiger partial charge >= 0.3 is 18.0 Å². The average molecular weight is 743 g/mol. The standard InChI is InChI=1S/C31H27ClF3N5O7S.ClH/c1-16-19(25-26(42)38(2)30(44)39(3)27(25)46-16)13-24(41)37-29-40(15-45-28(43)21(36)11-17-7-5-4-6-8-17)22(14-48-29)18-9-10-23(20(32)12-18)47-31(33,34)35;/h4-10,12,14,21H,11,13,15,36H2,1-3H3;1H/b37-29-;/t21-;/m0./s1. The van der Waals surface area contributed by atoms with Crippen molar-refractivity contribution in [2.24, 2.45) is 24.8 Å². The number of halogens is 5. The number of amides is 1. The van der Waals surface area contributed by atoms with Crippen molar-refractivity contribution in [3.05, 3.63) is 101 Å². The third kappa shape index (κ3) is 8.16. The third-order valence-corrected chi connectivity index (χ3v) is 8.48. The Kier molecular flexibility index (Phi) is 11.3. The van der Waals surface area contributed by atoms with Crippen molar-refractivity contribution in [3.8, 4) is 17.0 Å². The van der Waals surface area contributed by atoms with E-state index in [4.69, 9.17) is 26.5 Å². The minimum atomic E-state index is -4.97. The quantitative estimate of drug-likeness (QED) is 0.219. The zero-order valence-corrected chi connectivity index (χ0v) is 28.3. The first-order valence-corrected chi connectivity index (χ1v) is 15.4. The van der Waals surface area contributed by atoms with Crippen molar-refractivity contribution in [2.75, 3.05) is 0 Å². The molecule has 5 aromatic rings. The first-order chi connectivity index (χ1) is 22.6.